The van der Waals surface area contributed by atoms with Crippen LogP contribution in [0.25, 0.3) is 0 Å². The average molecular weight is 697 g/mol. The third-order valence-corrected chi connectivity index (χ3v) is 9.61. The summed E-state index contributed by atoms with van der Waals surface area (Å²) in [4.78, 5) is 29.7. The number of sulfonamides is 1. The Morgan fingerprint density at radius 1 is 0.886 bits per heavy atom. The van der Waals surface area contributed by atoms with E-state index >= 15 is 0 Å². The quantitative estimate of drug-likeness (QED) is 0.167. The standard InChI is InChI=1S/C34H35BrClN3O4S/c1-3-19-37-34(41)32(21-26-11-6-4-7-12-26)38(23-27-13-10-14-28(35)20-27)33(40)24-39(31-22-29(36)18-17-25(31)2)44(42,43)30-15-8-5-9-16-30/h4-18,20,22,32H,3,19,21,23-24H2,1-2H3,(H,37,41). The first kappa shape index (κ1) is 33.2. The molecule has 44 heavy (non-hydrogen) atoms. The van der Waals surface area contributed by atoms with E-state index in [1.165, 1.54) is 17.0 Å². The van der Waals surface area contributed by atoms with Crippen molar-refractivity contribution in [3.8, 4) is 0 Å². The van der Waals surface area contributed by atoms with Gasteiger partial charge in [-0.05, 0) is 66.4 Å². The van der Waals surface area contributed by atoms with Crippen molar-refractivity contribution < 1.29 is 18.0 Å². The average Bonchev–Trinajstić information content (AvgIpc) is 3.02. The van der Waals surface area contributed by atoms with Crippen molar-refractivity contribution in [1.82, 2.24) is 10.2 Å². The number of hydrogen-bond donors (Lipinski definition) is 1. The lowest BCUT2D eigenvalue weighted by atomic mass is 10.0. The van der Waals surface area contributed by atoms with Gasteiger partial charge in [-0.25, -0.2) is 8.42 Å². The van der Waals surface area contributed by atoms with E-state index in [9.17, 15) is 18.0 Å². The number of anilines is 1. The SMILES string of the molecule is CCCNC(=O)C(Cc1ccccc1)N(Cc1cccc(Br)c1)C(=O)CN(c1cc(Cl)ccc1C)S(=O)(=O)c1ccccc1. The van der Waals surface area contributed by atoms with Crippen LogP contribution in [0.4, 0.5) is 5.69 Å². The van der Waals surface area contributed by atoms with Crippen molar-refractivity contribution in [3.05, 3.63) is 129 Å². The molecule has 0 aliphatic rings. The smallest absolute Gasteiger partial charge is 0.264 e. The van der Waals surface area contributed by atoms with Crippen LogP contribution in [0.15, 0.2) is 112 Å². The maximum absolute atomic E-state index is 14.5. The molecule has 0 heterocycles. The molecule has 4 aromatic carbocycles. The highest BCUT2D eigenvalue weighted by Gasteiger charge is 2.35. The van der Waals surface area contributed by atoms with Crippen molar-refractivity contribution in [3.63, 3.8) is 0 Å². The molecule has 0 fully saturated rings. The van der Waals surface area contributed by atoms with Gasteiger partial charge in [0.2, 0.25) is 11.8 Å². The molecular weight excluding hydrogens is 662 g/mol. The topological polar surface area (TPSA) is 86.8 Å². The van der Waals surface area contributed by atoms with Gasteiger partial charge in [-0.15, -0.1) is 0 Å². The van der Waals surface area contributed by atoms with Gasteiger partial charge in [0.25, 0.3) is 10.0 Å². The maximum Gasteiger partial charge on any atom is 0.264 e. The van der Waals surface area contributed by atoms with Gasteiger partial charge in [0.15, 0.2) is 0 Å². The molecule has 0 aliphatic heterocycles. The van der Waals surface area contributed by atoms with Crippen LogP contribution in [-0.2, 0) is 32.6 Å². The Hall–Kier alpha value is -3.66. The van der Waals surface area contributed by atoms with E-state index in [2.05, 4.69) is 21.2 Å². The molecule has 2 amide bonds. The number of benzene rings is 4. The zero-order valence-electron chi connectivity index (χ0n) is 24.6. The Morgan fingerprint density at radius 3 is 2.20 bits per heavy atom. The number of rotatable bonds is 13. The van der Waals surface area contributed by atoms with Gasteiger partial charge >= 0.3 is 0 Å². The first-order chi connectivity index (χ1) is 21.1. The van der Waals surface area contributed by atoms with Gasteiger partial charge in [-0.2, -0.15) is 0 Å². The summed E-state index contributed by atoms with van der Waals surface area (Å²) < 4.78 is 30.1. The number of nitrogens with one attached hydrogen (secondary N) is 1. The zero-order chi connectivity index (χ0) is 31.7. The van der Waals surface area contributed by atoms with Gasteiger partial charge in [0.1, 0.15) is 12.6 Å². The number of halogens is 2. The fourth-order valence-electron chi connectivity index (χ4n) is 4.84. The van der Waals surface area contributed by atoms with Crippen LogP contribution in [0.1, 0.15) is 30.0 Å². The molecule has 0 radical (unpaired) electrons. The predicted octanol–water partition coefficient (Wildman–Crippen LogP) is 6.77. The zero-order valence-corrected chi connectivity index (χ0v) is 27.8. The number of carbonyl (C=O) groups excluding carboxylic acids is 2. The van der Waals surface area contributed by atoms with Crippen molar-refractivity contribution in [2.24, 2.45) is 0 Å². The Balaban J connectivity index is 1.82. The van der Waals surface area contributed by atoms with Gasteiger partial charge in [-0.1, -0.05) is 101 Å². The number of hydrogen-bond acceptors (Lipinski definition) is 4. The summed E-state index contributed by atoms with van der Waals surface area (Å²) in [6.45, 7) is 3.71. The minimum atomic E-state index is -4.20. The van der Waals surface area contributed by atoms with Gasteiger partial charge < -0.3 is 10.2 Å². The highest BCUT2D eigenvalue weighted by molar-refractivity contribution is 9.10. The maximum atomic E-state index is 14.5. The summed E-state index contributed by atoms with van der Waals surface area (Å²) in [5.41, 5.74) is 2.56. The summed E-state index contributed by atoms with van der Waals surface area (Å²) in [7, 11) is -4.20. The molecule has 1 N–H and O–H groups in total. The third-order valence-electron chi connectivity index (χ3n) is 7.11. The number of amides is 2. The van der Waals surface area contributed by atoms with Crippen LogP contribution in [0.2, 0.25) is 5.02 Å². The van der Waals surface area contributed by atoms with Crippen LogP contribution in [-0.4, -0.2) is 44.3 Å². The molecule has 1 atom stereocenters. The molecule has 0 aliphatic carbocycles. The number of nitrogens with zero attached hydrogens (tertiary/aromatic N) is 2. The lowest BCUT2D eigenvalue weighted by Gasteiger charge is -2.34. The number of aryl methyl sites for hydroxylation is 1. The lowest BCUT2D eigenvalue weighted by molar-refractivity contribution is -0.140. The van der Waals surface area contributed by atoms with Crippen molar-refractivity contribution in [1.29, 1.82) is 0 Å². The lowest BCUT2D eigenvalue weighted by Crippen LogP contribution is -2.53. The molecule has 4 rings (SSSR count). The van der Waals surface area contributed by atoms with Crippen molar-refractivity contribution >= 4 is 55.1 Å². The Labute approximate surface area is 273 Å². The monoisotopic (exact) mass is 695 g/mol. The third kappa shape index (κ3) is 8.49. The van der Waals surface area contributed by atoms with Gasteiger partial charge in [-0.3, -0.25) is 13.9 Å². The molecular formula is C34H35BrClN3O4S. The van der Waals surface area contributed by atoms with Crippen LogP contribution < -0.4 is 9.62 Å². The second kappa shape index (κ2) is 15.4. The number of carbonyl (C=O) groups is 2. The van der Waals surface area contributed by atoms with E-state index in [1.807, 2.05) is 61.5 Å². The first-order valence-corrected chi connectivity index (χ1v) is 16.9. The van der Waals surface area contributed by atoms with Crippen molar-refractivity contribution in [2.75, 3.05) is 17.4 Å². The molecule has 10 heteroatoms. The fraction of sp³-hybridized carbons (Fsp3) is 0.235. The van der Waals surface area contributed by atoms with E-state index in [0.29, 0.717) is 17.1 Å². The molecule has 1 unspecified atom stereocenters. The van der Waals surface area contributed by atoms with Gasteiger partial charge in [0, 0.05) is 29.0 Å². The molecule has 7 nitrogen and oxygen atoms in total. The first-order valence-electron chi connectivity index (χ1n) is 14.3. The second-order valence-electron chi connectivity index (χ2n) is 10.4. The second-order valence-corrected chi connectivity index (χ2v) is 13.6. The van der Waals surface area contributed by atoms with Crippen LogP contribution in [0.3, 0.4) is 0 Å². The highest BCUT2D eigenvalue weighted by atomic mass is 79.9. The van der Waals surface area contributed by atoms with Crippen LogP contribution >= 0.6 is 27.5 Å². The van der Waals surface area contributed by atoms with E-state index in [0.717, 1.165) is 26.3 Å². The Morgan fingerprint density at radius 2 is 1.55 bits per heavy atom. The van der Waals surface area contributed by atoms with E-state index in [1.54, 1.807) is 43.3 Å². The predicted molar refractivity (Wildman–Crippen MR) is 179 cm³/mol. The highest BCUT2D eigenvalue weighted by Crippen LogP contribution is 2.30. The Kier molecular flexibility index (Phi) is 11.6. The molecule has 0 aromatic heterocycles. The van der Waals surface area contributed by atoms with Crippen LogP contribution in [0.5, 0.6) is 0 Å². The molecule has 0 saturated carbocycles. The molecule has 0 saturated heterocycles. The summed E-state index contributed by atoms with van der Waals surface area (Å²) in [5.74, 6) is -0.841. The summed E-state index contributed by atoms with van der Waals surface area (Å²) in [5, 5.41) is 3.28. The van der Waals surface area contributed by atoms with Gasteiger partial charge in [0.05, 0.1) is 10.6 Å². The van der Waals surface area contributed by atoms with E-state index in [-0.39, 0.29) is 29.5 Å². The van der Waals surface area contributed by atoms with Crippen molar-refractivity contribution in [2.45, 2.75) is 44.2 Å². The molecule has 0 bridgehead atoms. The molecule has 230 valence electrons. The normalized spacial score (nSPS) is 11.9. The Bertz CT molecular complexity index is 1690. The largest absolute Gasteiger partial charge is 0.354 e. The summed E-state index contributed by atoms with van der Waals surface area (Å²) >= 11 is 9.83. The molecule has 4 aromatic rings. The summed E-state index contributed by atoms with van der Waals surface area (Å²) in [6.07, 6.45) is 0.971. The fourth-order valence-corrected chi connectivity index (χ4v) is 6.94. The minimum Gasteiger partial charge on any atom is -0.354 e. The van der Waals surface area contributed by atoms with E-state index < -0.39 is 28.5 Å². The van der Waals surface area contributed by atoms with Crippen LogP contribution in [0, 0.1) is 6.92 Å². The van der Waals surface area contributed by atoms with E-state index in [4.69, 9.17) is 11.6 Å². The summed E-state index contributed by atoms with van der Waals surface area (Å²) in [6, 6.07) is 28.9. The minimum absolute atomic E-state index is 0.0345. The molecule has 0 spiro atoms.